The van der Waals surface area contributed by atoms with Crippen molar-refractivity contribution in [1.82, 2.24) is 0 Å². The van der Waals surface area contributed by atoms with Crippen LogP contribution in [0.1, 0.15) is 53.4 Å². The molecule has 0 nitrogen and oxygen atoms in total. The lowest BCUT2D eigenvalue weighted by Crippen LogP contribution is -2.08. The van der Waals surface area contributed by atoms with Crippen molar-refractivity contribution in [3.63, 3.8) is 0 Å². The third-order valence-corrected chi connectivity index (χ3v) is 2.95. The third-order valence-electron chi connectivity index (χ3n) is 2.95. The first-order chi connectivity index (χ1) is 6.11. The molecule has 0 aliphatic heterocycles. The van der Waals surface area contributed by atoms with Crippen molar-refractivity contribution >= 4 is 0 Å². The van der Waals surface area contributed by atoms with E-state index in [1.54, 1.807) is 0 Å². The summed E-state index contributed by atoms with van der Waals surface area (Å²) >= 11 is 0. The minimum absolute atomic E-state index is 0.729. The second-order valence-electron chi connectivity index (χ2n) is 4.61. The van der Waals surface area contributed by atoms with E-state index >= 15 is 0 Å². The Kier molecular flexibility index (Phi) is 7.03. The molecule has 0 saturated carbocycles. The molecule has 0 heteroatoms. The Labute approximate surface area is 84.4 Å². The molecule has 2 unspecified atom stereocenters. The molecule has 0 spiro atoms. The second-order valence-corrected chi connectivity index (χ2v) is 4.61. The minimum Gasteiger partial charge on any atom is -0.103 e. The van der Waals surface area contributed by atoms with E-state index in [-0.39, 0.29) is 0 Å². The predicted octanol–water partition coefficient (Wildman–Crippen LogP) is 4.66. The van der Waals surface area contributed by atoms with Crippen molar-refractivity contribution in [2.24, 2.45) is 17.8 Å². The SMILES string of the molecule is C=CC(CC)C(C)CCCC(C)C. The van der Waals surface area contributed by atoms with Crippen molar-refractivity contribution in [1.29, 1.82) is 0 Å². The first kappa shape index (κ1) is 12.7. The van der Waals surface area contributed by atoms with Gasteiger partial charge in [0.15, 0.2) is 0 Å². The van der Waals surface area contributed by atoms with E-state index in [0.29, 0.717) is 0 Å². The van der Waals surface area contributed by atoms with Gasteiger partial charge >= 0.3 is 0 Å². The molecule has 13 heavy (non-hydrogen) atoms. The first-order valence-corrected chi connectivity index (χ1v) is 5.74. The van der Waals surface area contributed by atoms with Gasteiger partial charge in [0.05, 0.1) is 0 Å². The zero-order chi connectivity index (χ0) is 10.3. The molecule has 0 amide bonds. The van der Waals surface area contributed by atoms with Crippen LogP contribution in [0.15, 0.2) is 12.7 Å². The molecule has 0 aliphatic rings. The van der Waals surface area contributed by atoms with Gasteiger partial charge in [0.25, 0.3) is 0 Å². The first-order valence-electron chi connectivity index (χ1n) is 5.74. The average Bonchev–Trinajstić information content (AvgIpc) is 2.05. The molecule has 0 aliphatic carbocycles. The number of hydrogen-bond donors (Lipinski definition) is 0. The van der Waals surface area contributed by atoms with Gasteiger partial charge in [-0.3, -0.25) is 0 Å². The molecule has 2 atom stereocenters. The monoisotopic (exact) mass is 182 g/mol. The maximum Gasteiger partial charge on any atom is -0.0213 e. The molecular formula is C13H26. The predicted molar refractivity (Wildman–Crippen MR) is 61.8 cm³/mol. The lowest BCUT2D eigenvalue weighted by molar-refractivity contribution is 0.366. The molecule has 0 fully saturated rings. The topological polar surface area (TPSA) is 0 Å². The van der Waals surface area contributed by atoms with E-state index in [9.17, 15) is 0 Å². The molecule has 0 aromatic heterocycles. The van der Waals surface area contributed by atoms with E-state index in [4.69, 9.17) is 0 Å². The Balaban J connectivity index is 3.59. The zero-order valence-electron chi connectivity index (χ0n) is 9.84. The van der Waals surface area contributed by atoms with Crippen LogP contribution < -0.4 is 0 Å². The smallest absolute Gasteiger partial charge is 0.0213 e. The van der Waals surface area contributed by atoms with Crippen molar-refractivity contribution in [3.8, 4) is 0 Å². The molecule has 0 rings (SSSR count). The highest BCUT2D eigenvalue weighted by molar-refractivity contribution is 4.81. The summed E-state index contributed by atoms with van der Waals surface area (Å²) in [7, 11) is 0. The summed E-state index contributed by atoms with van der Waals surface area (Å²) in [4.78, 5) is 0. The molecule has 0 radical (unpaired) electrons. The summed E-state index contributed by atoms with van der Waals surface area (Å²) in [5.41, 5.74) is 0. The maximum absolute atomic E-state index is 3.90. The maximum atomic E-state index is 3.90. The van der Waals surface area contributed by atoms with Gasteiger partial charge in [-0.1, -0.05) is 53.0 Å². The Morgan fingerprint density at radius 2 is 1.77 bits per heavy atom. The van der Waals surface area contributed by atoms with Crippen LogP contribution in [0.25, 0.3) is 0 Å². The van der Waals surface area contributed by atoms with Crippen LogP contribution in [-0.2, 0) is 0 Å². The normalized spacial score (nSPS) is 15.8. The van der Waals surface area contributed by atoms with Gasteiger partial charge in [-0.25, -0.2) is 0 Å². The Bertz CT molecular complexity index is 124. The van der Waals surface area contributed by atoms with E-state index in [2.05, 4.69) is 40.3 Å². The van der Waals surface area contributed by atoms with Gasteiger partial charge in [-0.05, 0) is 24.2 Å². The average molecular weight is 182 g/mol. The van der Waals surface area contributed by atoms with Crippen molar-refractivity contribution in [2.45, 2.75) is 53.4 Å². The van der Waals surface area contributed by atoms with Crippen molar-refractivity contribution in [2.75, 3.05) is 0 Å². The van der Waals surface area contributed by atoms with Gasteiger partial charge in [0.1, 0.15) is 0 Å². The zero-order valence-corrected chi connectivity index (χ0v) is 9.84. The van der Waals surface area contributed by atoms with Crippen LogP contribution in [0.3, 0.4) is 0 Å². The lowest BCUT2D eigenvalue weighted by Gasteiger charge is -2.19. The third kappa shape index (κ3) is 5.90. The highest BCUT2D eigenvalue weighted by atomic mass is 14.2. The summed E-state index contributed by atoms with van der Waals surface area (Å²) < 4.78 is 0. The highest BCUT2D eigenvalue weighted by Crippen LogP contribution is 2.22. The van der Waals surface area contributed by atoms with Crippen LogP contribution >= 0.6 is 0 Å². The van der Waals surface area contributed by atoms with E-state index in [0.717, 1.165) is 17.8 Å². The van der Waals surface area contributed by atoms with E-state index in [1.165, 1.54) is 25.7 Å². The van der Waals surface area contributed by atoms with Crippen LogP contribution in [0.2, 0.25) is 0 Å². The fourth-order valence-electron chi connectivity index (χ4n) is 1.86. The van der Waals surface area contributed by atoms with Crippen LogP contribution in [0.5, 0.6) is 0 Å². The lowest BCUT2D eigenvalue weighted by atomic mass is 9.87. The Morgan fingerprint density at radius 1 is 1.15 bits per heavy atom. The fraction of sp³-hybridized carbons (Fsp3) is 0.846. The Morgan fingerprint density at radius 3 is 2.15 bits per heavy atom. The van der Waals surface area contributed by atoms with Crippen molar-refractivity contribution in [3.05, 3.63) is 12.7 Å². The minimum atomic E-state index is 0.729. The summed E-state index contributed by atoms with van der Waals surface area (Å²) in [5.74, 6) is 2.41. The van der Waals surface area contributed by atoms with E-state index in [1.807, 2.05) is 0 Å². The van der Waals surface area contributed by atoms with Crippen LogP contribution in [0, 0.1) is 17.8 Å². The van der Waals surface area contributed by atoms with Gasteiger partial charge in [0, 0.05) is 0 Å². The molecule has 0 saturated heterocycles. The molecule has 78 valence electrons. The fourth-order valence-corrected chi connectivity index (χ4v) is 1.86. The summed E-state index contributed by atoms with van der Waals surface area (Å²) in [6.45, 7) is 13.1. The second kappa shape index (κ2) is 7.17. The molecule has 0 bridgehead atoms. The van der Waals surface area contributed by atoms with E-state index < -0.39 is 0 Å². The van der Waals surface area contributed by atoms with Gasteiger partial charge < -0.3 is 0 Å². The molecule has 0 heterocycles. The number of allylic oxidation sites excluding steroid dienone is 1. The standard InChI is InChI=1S/C13H26/c1-6-13(7-2)12(5)10-8-9-11(3)4/h6,11-13H,1,7-10H2,2-5H3. The van der Waals surface area contributed by atoms with Gasteiger partial charge in [0.2, 0.25) is 0 Å². The quantitative estimate of drug-likeness (QED) is 0.502. The van der Waals surface area contributed by atoms with Crippen LogP contribution in [-0.4, -0.2) is 0 Å². The Hall–Kier alpha value is -0.260. The highest BCUT2D eigenvalue weighted by Gasteiger charge is 2.11. The van der Waals surface area contributed by atoms with Crippen LogP contribution in [0.4, 0.5) is 0 Å². The molecule has 0 aromatic carbocycles. The summed E-state index contributed by atoms with van der Waals surface area (Å²) in [6.07, 6.45) is 7.48. The molecule has 0 N–H and O–H groups in total. The molecular weight excluding hydrogens is 156 g/mol. The summed E-state index contributed by atoms with van der Waals surface area (Å²) in [5, 5.41) is 0. The summed E-state index contributed by atoms with van der Waals surface area (Å²) in [6, 6.07) is 0. The number of rotatable bonds is 7. The van der Waals surface area contributed by atoms with Gasteiger partial charge in [-0.15, -0.1) is 6.58 Å². The number of hydrogen-bond acceptors (Lipinski definition) is 0. The molecule has 0 aromatic rings. The largest absolute Gasteiger partial charge is 0.103 e. The van der Waals surface area contributed by atoms with Crippen molar-refractivity contribution < 1.29 is 0 Å². The van der Waals surface area contributed by atoms with Gasteiger partial charge in [-0.2, -0.15) is 0 Å².